The molecule has 0 spiro atoms. The highest BCUT2D eigenvalue weighted by molar-refractivity contribution is 9.10. The topological polar surface area (TPSA) is 17.1 Å². The maximum atomic E-state index is 12.5. The van der Waals surface area contributed by atoms with Crippen molar-refractivity contribution in [1.82, 2.24) is 0 Å². The van der Waals surface area contributed by atoms with Crippen molar-refractivity contribution in [2.75, 3.05) is 0 Å². The molecule has 0 aromatic heterocycles. The minimum atomic E-state index is -0.0665. The number of alkyl halides is 1. The van der Waals surface area contributed by atoms with Crippen LogP contribution in [0.15, 0.2) is 48.5 Å². The van der Waals surface area contributed by atoms with E-state index < -0.39 is 0 Å². The third kappa shape index (κ3) is 5.31. The van der Waals surface area contributed by atoms with Gasteiger partial charge in [-0.15, -0.1) is 0 Å². The summed E-state index contributed by atoms with van der Waals surface area (Å²) in [5, 5.41) is 0. The molecule has 0 radical (unpaired) electrons. The molecule has 0 aliphatic carbocycles. The van der Waals surface area contributed by atoms with Crippen molar-refractivity contribution in [3.8, 4) is 11.1 Å². The van der Waals surface area contributed by atoms with E-state index in [4.69, 9.17) is 0 Å². The van der Waals surface area contributed by atoms with Gasteiger partial charge in [0.25, 0.3) is 0 Å². The number of rotatable bonds is 9. The Balaban J connectivity index is 2.02. The van der Waals surface area contributed by atoms with Crippen LogP contribution in [-0.4, -0.2) is 10.6 Å². The quantitative estimate of drug-likeness (QED) is 0.262. The van der Waals surface area contributed by atoms with Gasteiger partial charge >= 0.3 is 0 Å². The van der Waals surface area contributed by atoms with Crippen molar-refractivity contribution in [3.63, 3.8) is 0 Å². The number of unbranched alkanes of at least 4 members (excludes halogenated alkanes) is 2. The first-order chi connectivity index (χ1) is 11.7. The first-order valence-electron chi connectivity index (χ1n) is 9.03. The van der Waals surface area contributed by atoms with Crippen molar-refractivity contribution in [1.29, 1.82) is 0 Å². The monoisotopic (exact) mass is 386 g/mol. The summed E-state index contributed by atoms with van der Waals surface area (Å²) in [5.74, 6) is 0.191. The lowest BCUT2D eigenvalue weighted by Crippen LogP contribution is -2.14. The fourth-order valence-corrected chi connectivity index (χ4v) is 3.45. The third-order valence-electron chi connectivity index (χ3n) is 4.34. The zero-order valence-electron chi connectivity index (χ0n) is 14.7. The average molecular weight is 387 g/mol. The van der Waals surface area contributed by atoms with Crippen molar-refractivity contribution in [2.24, 2.45) is 0 Å². The minimum Gasteiger partial charge on any atom is -0.293 e. The van der Waals surface area contributed by atoms with Crippen molar-refractivity contribution in [2.45, 2.75) is 57.2 Å². The van der Waals surface area contributed by atoms with E-state index in [9.17, 15) is 4.79 Å². The molecule has 0 saturated carbocycles. The van der Waals surface area contributed by atoms with Gasteiger partial charge in [-0.2, -0.15) is 0 Å². The average Bonchev–Trinajstić information content (AvgIpc) is 2.62. The molecule has 128 valence electrons. The molecule has 1 atom stereocenters. The molecule has 2 aromatic rings. The van der Waals surface area contributed by atoms with Crippen LogP contribution in [0, 0.1) is 0 Å². The normalized spacial score (nSPS) is 12.1. The zero-order chi connectivity index (χ0) is 17.4. The highest BCUT2D eigenvalue weighted by Crippen LogP contribution is 2.23. The molecule has 0 fully saturated rings. The van der Waals surface area contributed by atoms with Crippen molar-refractivity contribution >= 4 is 21.7 Å². The van der Waals surface area contributed by atoms with Gasteiger partial charge in [0.15, 0.2) is 5.78 Å². The molecule has 0 bridgehead atoms. The van der Waals surface area contributed by atoms with E-state index in [0.717, 1.165) is 30.4 Å². The highest BCUT2D eigenvalue weighted by atomic mass is 79.9. The van der Waals surface area contributed by atoms with E-state index in [0.29, 0.717) is 0 Å². The number of aryl methyl sites for hydroxylation is 1. The Hall–Kier alpha value is -1.41. The van der Waals surface area contributed by atoms with Crippen LogP contribution >= 0.6 is 15.9 Å². The number of hydrogen-bond acceptors (Lipinski definition) is 1. The lowest BCUT2D eigenvalue weighted by atomic mass is 9.99. The van der Waals surface area contributed by atoms with Crippen LogP contribution in [-0.2, 0) is 6.42 Å². The molecule has 24 heavy (non-hydrogen) atoms. The van der Waals surface area contributed by atoms with E-state index in [1.165, 1.54) is 30.4 Å². The van der Waals surface area contributed by atoms with E-state index in [2.05, 4.69) is 54.0 Å². The number of hydrogen-bond donors (Lipinski definition) is 0. The Labute approximate surface area is 154 Å². The summed E-state index contributed by atoms with van der Waals surface area (Å²) >= 11 is 3.55. The summed E-state index contributed by atoms with van der Waals surface area (Å²) < 4.78 is 0. The van der Waals surface area contributed by atoms with Gasteiger partial charge in [-0.3, -0.25) is 4.79 Å². The number of halogens is 1. The minimum absolute atomic E-state index is 0.0665. The highest BCUT2D eigenvalue weighted by Gasteiger charge is 2.16. The number of carbonyl (C=O) groups excluding carboxylic acids is 1. The second-order valence-electron chi connectivity index (χ2n) is 6.35. The van der Waals surface area contributed by atoms with E-state index in [1.807, 2.05) is 24.3 Å². The Kier molecular flexibility index (Phi) is 7.71. The molecule has 1 nitrogen and oxygen atoms in total. The summed E-state index contributed by atoms with van der Waals surface area (Å²) in [4.78, 5) is 12.4. The predicted molar refractivity (Wildman–Crippen MR) is 107 cm³/mol. The summed E-state index contributed by atoms with van der Waals surface area (Å²) in [6.07, 6.45) is 6.66. The molecular weight excluding hydrogens is 360 g/mol. The van der Waals surface area contributed by atoms with Gasteiger partial charge in [0, 0.05) is 5.56 Å². The fraction of sp³-hybridized carbons (Fsp3) is 0.409. The second-order valence-corrected chi connectivity index (χ2v) is 7.46. The lowest BCUT2D eigenvalue weighted by molar-refractivity contribution is 0.0988. The van der Waals surface area contributed by atoms with Crippen LogP contribution < -0.4 is 0 Å². The van der Waals surface area contributed by atoms with Crippen molar-refractivity contribution in [3.05, 3.63) is 59.7 Å². The molecule has 0 heterocycles. The lowest BCUT2D eigenvalue weighted by Gasteiger charge is -2.10. The largest absolute Gasteiger partial charge is 0.293 e. The zero-order valence-corrected chi connectivity index (χ0v) is 16.3. The molecule has 2 rings (SSSR count). The van der Waals surface area contributed by atoms with Gasteiger partial charge in [-0.1, -0.05) is 104 Å². The molecule has 0 aliphatic heterocycles. The molecule has 2 aromatic carbocycles. The SMILES string of the molecule is CCCCC[C@H](Br)C(=O)c1ccc(-c2ccc(CCC)cc2)cc1. The Morgan fingerprint density at radius 1 is 0.875 bits per heavy atom. The smallest absolute Gasteiger partial charge is 0.176 e. The number of carbonyl (C=O) groups is 1. The first kappa shape index (κ1) is 18.9. The Morgan fingerprint density at radius 3 is 2.00 bits per heavy atom. The summed E-state index contributed by atoms with van der Waals surface area (Å²) in [7, 11) is 0. The Bertz CT molecular complexity index is 628. The van der Waals surface area contributed by atoms with Gasteiger partial charge < -0.3 is 0 Å². The Morgan fingerprint density at radius 2 is 1.46 bits per heavy atom. The van der Waals surface area contributed by atoms with Gasteiger partial charge in [-0.25, -0.2) is 0 Å². The maximum absolute atomic E-state index is 12.5. The number of benzene rings is 2. The number of ketones is 1. The summed E-state index contributed by atoms with van der Waals surface area (Å²) in [6, 6.07) is 16.7. The standard InChI is InChI=1S/C22H27BrO/c1-3-5-6-8-21(23)22(24)20-15-13-19(14-16-20)18-11-9-17(7-4-2)10-12-18/h9-16,21H,3-8H2,1-2H3/t21-/m0/s1. The number of Topliss-reactive ketones (excluding diaryl/α,β-unsaturated/α-hetero) is 1. The van der Waals surface area contributed by atoms with Crippen LogP contribution in [0.3, 0.4) is 0 Å². The molecule has 0 N–H and O–H groups in total. The molecule has 0 amide bonds. The summed E-state index contributed by atoms with van der Waals surface area (Å²) in [6.45, 7) is 4.38. The molecular formula is C22H27BrO. The molecule has 0 unspecified atom stereocenters. The van der Waals surface area contributed by atoms with Crippen LogP contribution in [0.1, 0.15) is 61.9 Å². The van der Waals surface area contributed by atoms with Crippen LogP contribution in [0.2, 0.25) is 0 Å². The molecule has 0 saturated heterocycles. The maximum Gasteiger partial charge on any atom is 0.176 e. The first-order valence-corrected chi connectivity index (χ1v) is 9.95. The molecule has 2 heteroatoms. The molecule has 0 aliphatic rings. The van der Waals surface area contributed by atoms with Gasteiger partial charge in [0.05, 0.1) is 4.83 Å². The predicted octanol–water partition coefficient (Wildman–Crippen LogP) is 6.83. The van der Waals surface area contributed by atoms with Gasteiger partial charge in [0.2, 0.25) is 0 Å². The van der Waals surface area contributed by atoms with E-state index in [-0.39, 0.29) is 10.6 Å². The fourth-order valence-electron chi connectivity index (χ4n) is 2.86. The third-order valence-corrected chi connectivity index (χ3v) is 5.21. The van der Waals surface area contributed by atoms with Crippen LogP contribution in [0.5, 0.6) is 0 Å². The summed E-state index contributed by atoms with van der Waals surface area (Å²) in [5.41, 5.74) is 4.53. The van der Waals surface area contributed by atoms with Gasteiger partial charge in [-0.05, 0) is 29.5 Å². The van der Waals surface area contributed by atoms with Crippen LogP contribution in [0.25, 0.3) is 11.1 Å². The second kappa shape index (κ2) is 9.78. The van der Waals surface area contributed by atoms with Crippen molar-refractivity contribution < 1.29 is 4.79 Å². The van der Waals surface area contributed by atoms with Gasteiger partial charge in [0.1, 0.15) is 0 Å². The van der Waals surface area contributed by atoms with Crippen LogP contribution in [0.4, 0.5) is 0 Å². The van der Waals surface area contributed by atoms with E-state index >= 15 is 0 Å². The van der Waals surface area contributed by atoms with E-state index in [1.54, 1.807) is 0 Å².